The fourth-order valence-corrected chi connectivity index (χ4v) is 4.33. The Morgan fingerprint density at radius 2 is 2.19 bits per heavy atom. The van der Waals surface area contributed by atoms with Crippen LogP contribution in [0.4, 0.5) is 10.2 Å². The summed E-state index contributed by atoms with van der Waals surface area (Å²) in [7, 11) is 3.49. The second-order valence-corrected chi connectivity index (χ2v) is 7.80. The highest BCUT2D eigenvalue weighted by molar-refractivity contribution is 5.81. The number of anilines is 1. The number of rotatable bonds is 5. The van der Waals surface area contributed by atoms with E-state index in [-0.39, 0.29) is 18.3 Å². The van der Waals surface area contributed by atoms with E-state index in [1.807, 2.05) is 37.6 Å². The molecule has 1 aliphatic heterocycles. The summed E-state index contributed by atoms with van der Waals surface area (Å²) in [5.41, 5.74) is 4.97. The number of nitrogens with one attached hydrogen (secondary N) is 1. The zero-order valence-corrected chi connectivity index (χ0v) is 17.8. The van der Waals surface area contributed by atoms with Gasteiger partial charge in [0, 0.05) is 36.2 Å². The van der Waals surface area contributed by atoms with Gasteiger partial charge in [0.2, 0.25) is 0 Å². The van der Waals surface area contributed by atoms with Crippen molar-refractivity contribution in [3.05, 3.63) is 53.2 Å². The summed E-state index contributed by atoms with van der Waals surface area (Å²) in [6.07, 6.45) is 3.43. The number of nitrogens with zero attached hydrogens (tertiary/aromatic N) is 5. The summed E-state index contributed by atoms with van der Waals surface area (Å²) >= 11 is 0. The molecule has 5 rings (SSSR count). The van der Waals surface area contributed by atoms with Crippen molar-refractivity contribution in [2.75, 3.05) is 19.0 Å². The molecule has 0 spiro atoms. The maximum atomic E-state index is 14.7. The summed E-state index contributed by atoms with van der Waals surface area (Å²) in [6.45, 7) is 4.87. The van der Waals surface area contributed by atoms with Crippen LogP contribution in [0, 0.1) is 12.7 Å². The molecule has 0 radical (unpaired) electrons. The van der Waals surface area contributed by atoms with Crippen LogP contribution in [0.2, 0.25) is 0 Å². The van der Waals surface area contributed by atoms with Gasteiger partial charge in [0.15, 0.2) is 17.2 Å². The molecule has 0 saturated heterocycles. The number of methoxy groups -OCH3 is 1. The van der Waals surface area contributed by atoms with E-state index in [0.717, 1.165) is 28.1 Å². The van der Waals surface area contributed by atoms with Gasteiger partial charge < -0.3 is 14.8 Å². The maximum Gasteiger partial charge on any atom is 0.171 e. The molecular formula is C22H23FN6O2. The SMILES string of the molecule is COc1cc(-c2c(C)cnn2C)c2nncn2c1NCc1c(F)ccc2c1C(C)CO2. The second-order valence-electron chi connectivity index (χ2n) is 7.80. The molecule has 1 atom stereocenters. The monoisotopic (exact) mass is 422 g/mol. The number of fused-ring (bicyclic) bond motifs is 2. The van der Waals surface area contributed by atoms with Crippen molar-refractivity contribution < 1.29 is 13.9 Å². The van der Waals surface area contributed by atoms with Gasteiger partial charge in [-0.3, -0.25) is 9.08 Å². The highest BCUT2D eigenvalue weighted by atomic mass is 19.1. The van der Waals surface area contributed by atoms with Crippen molar-refractivity contribution in [3.63, 3.8) is 0 Å². The first-order chi connectivity index (χ1) is 15.0. The molecule has 1 aliphatic rings. The standard InChI is InChI=1S/C22H23FN6O2/c1-12-8-26-28(3)20(12)14-7-18(30-4)22(29-11-25-27-21(14)29)24-9-15-16(23)5-6-17-19(15)13(2)10-31-17/h5-8,11,13,24H,9-10H2,1-4H3. The number of pyridine rings is 1. The van der Waals surface area contributed by atoms with Crippen molar-refractivity contribution >= 4 is 11.5 Å². The van der Waals surface area contributed by atoms with Crippen LogP contribution in [0.15, 0.2) is 30.7 Å². The summed E-state index contributed by atoms with van der Waals surface area (Å²) in [4.78, 5) is 0. The number of aromatic nitrogens is 5. The largest absolute Gasteiger partial charge is 0.493 e. The lowest BCUT2D eigenvalue weighted by atomic mass is 9.96. The topological polar surface area (TPSA) is 78.5 Å². The maximum absolute atomic E-state index is 14.7. The molecule has 0 amide bonds. The van der Waals surface area contributed by atoms with Crippen molar-refractivity contribution in [3.8, 4) is 22.8 Å². The molecule has 9 heteroatoms. The lowest BCUT2D eigenvalue weighted by Gasteiger charge is -2.17. The number of ether oxygens (including phenoxy) is 2. The summed E-state index contributed by atoms with van der Waals surface area (Å²) < 4.78 is 29.7. The molecule has 0 bridgehead atoms. The molecule has 1 N–H and O–H groups in total. The fourth-order valence-electron chi connectivity index (χ4n) is 4.33. The number of hydrogen-bond acceptors (Lipinski definition) is 6. The normalized spacial score (nSPS) is 15.2. The van der Waals surface area contributed by atoms with Crippen LogP contribution in [0.3, 0.4) is 0 Å². The van der Waals surface area contributed by atoms with Gasteiger partial charge in [-0.25, -0.2) is 4.39 Å². The number of hydrogen-bond donors (Lipinski definition) is 1. The van der Waals surface area contributed by atoms with Crippen LogP contribution in [0.5, 0.6) is 11.5 Å². The number of benzene rings is 1. The zero-order valence-electron chi connectivity index (χ0n) is 17.8. The Bertz CT molecular complexity index is 1280. The van der Waals surface area contributed by atoms with Gasteiger partial charge in [-0.2, -0.15) is 5.10 Å². The summed E-state index contributed by atoms with van der Waals surface area (Å²) in [6, 6.07) is 5.06. The van der Waals surface area contributed by atoms with Gasteiger partial charge in [-0.15, -0.1) is 10.2 Å². The molecule has 1 unspecified atom stereocenters. The van der Waals surface area contributed by atoms with E-state index in [1.165, 1.54) is 6.07 Å². The molecular weight excluding hydrogens is 399 g/mol. The Morgan fingerprint density at radius 1 is 1.35 bits per heavy atom. The molecule has 1 aromatic carbocycles. The smallest absolute Gasteiger partial charge is 0.171 e. The van der Waals surface area contributed by atoms with E-state index in [1.54, 1.807) is 24.2 Å². The van der Waals surface area contributed by atoms with Gasteiger partial charge in [0.05, 0.1) is 25.6 Å². The van der Waals surface area contributed by atoms with Gasteiger partial charge in [0.25, 0.3) is 0 Å². The Balaban J connectivity index is 1.59. The molecule has 160 valence electrons. The zero-order chi connectivity index (χ0) is 21.7. The molecule has 0 saturated carbocycles. The Morgan fingerprint density at radius 3 is 2.94 bits per heavy atom. The summed E-state index contributed by atoms with van der Waals surface area (Å²) in [5.74, 6) is 1.86. The van der Waals surface area contributed by atoms with Gasteiger partial charge in [0.1, 0.15) is 17.9 Å². The van der Waals surface area contributed by atoms with Crippen LogP contribution < -0.4 is 14.8 Å². The lowest BCUT2D eigenvalue weighted by molar-refractivity contribution is 0.337. The van der Waals surface area contributed by atoms with Crippen molar-refractivity contribution in [1.29, 1.82) is 0 Å². The molecule has 4 heterocycles. The van der Waals surface area contributed by atoms with E-state index >= 15 is 0 Å². The Kier molecular flexibility index (Phi) is 4.53. The average molecular weight is 422 g/mol. The van der Waals surface area contributed by atoms with Crippen molar-refractivity contribution in [2.24, 2.45) is 7.05 Å². The highest BCUT2D eigenvalue weighted by Gasteiger charge is 2.26. The summed E-state index contributed by atoms with van der Waals surface area (Å²) in [5, 5.41) is 16.1. The minimum absolute atomic E-state index is 0.134. The third-order valence-corrected chi connectivity index (χ3v) is 5.81. The van der Waals surface area contributed by atoms with Crippen LogP contribution in [-0.2, 0) is 13.6 Å². The number of aryl methyl sites for hydroxylation is 2. The minimum atomic E-state index is -0.260. The molecule has 3 aromatic heterocycles. The average Bonchev–Trinajstić information content (AvgIpc) is 3.47. The van der Waals surface area contributed by atoms with Crippen LogP contribution in [0.25, 0.3) is 16.9 Å². The van der Waals surface area contributed by atoms with E-state index in [9.17, 15) is 4.39 Å². The van der Waals surface area contributed by atoms with Gasteiger partial charge >= 0.3 is 0 Å². The molecule has 0 aliphatic carbocycles. The molecule has 8 nitrogen and oxygen atoms in total. The third-order valence-electron chi connectivity index (χ3n) is 5.81. The van der Waals surface area contributed by atoms with Gasteiger partial charge in [-0.1, -0.05) is 6.92 Å². The minimum Gasteiger partial charge on any atom is -0.493 e. The lowest BCUT2D eigenvalue weighted by Crippen LogP contribution is -2.10. The van der Waals surface area contributed by atoms with E-state index < -0.39 is 0 Å². The Hall–Kier alpha value is -3.62. The first-order valence-corrected chi connectivity index (χ1v) is 10.1. The van der Waals surface area contributed by atoms with Crippen LogP contribution >= 0.6 is 0 Å². The predicted octanol–water partition coefficient (Wildman–Crippen LogP) is 3.69. The van der Waals surface area contributed by atoms with E-state index in [4.69, 9.17) is 9.47 Å². The predicted molar refractivity (Wildman–Crippen MR) is 114 cm³/mol. The molecule has 4 aromatic rings. The fraction of sp³-hybridized carbons (Fsp3) is 0.318. The van der Waals surface area contributed by atoms with Crippen LogP contribution in [-0.4, -0.2) is 38.1 Å². The molecule has 0 fully saturated rings. The van der Waals surface area contributed by atoms with Crippen molar-refractivity contribution in [1.82, 2.24) is 24.4 Å². The Labute approximate surface area is 178 Å². The number of halogens is 1. The first-order valence-electron chi connectivity index (χ1n) is 10.1. The van der Waals surface area contributed by atoms with Crippen molar-refractivity contribution in [2.45, 2.75) is 26.3 Å². The van der Waals surface area contributed by atoms with E-state index in [0.29, 0.717) is 29.4 Å². The third kappa shape index (κ3) is 2.99. The van der Waals surface area contributed by atoms with E-state index in [2.05, 4.69) is 20.6 Å². The van der Waals surface area contributed by atoms with Gasteiger partial charge in [-0.05, 0) is 30.7 Å². The highest BCUT2D eigenvalue weighted by Crippen LogP contribution is 2.39. The quantitative estimate of drug-likeness (QED) is 0.529. The molecule has 31 heavy (non-hydrogen) atoms. The second kappa shape index (κ2) is 7.26. The van der Waals surface area contributed by atoms with Crippen LogP contribution in [0.1, 0.15) is 29.5 Å². The first kappa shape index (κ1) is 19.3.